The Bertz CT molecular complexity index is 613. The molecule has 1 spiro atoms. The Balaban J connectivity index is 1.86. The summed E-state index contributed by atoms with van der Waals surface area (Å²) in [6.45, 7) is 4.79. The fraction of sp³-hybridized carbons (Fsp3) is 0.875. The quantitative estimate of drug-likeness (QED) is 0.524. The first-order valence-electron chi connectivity index (χ1n) is 8.55. The molecule has 154 valence electrons. The summed E-state index contributed by atoms with van der Waals surface area (Å²) in [5, 5.41) is 11.6. The molecule has 0 aromatic heterocycles. The number of carbonyl (C=O) groups is 2. The van der Waals surface area contributed by atoms with Crippen LogP contribution in [0.1, 0.15) is 27.2 Å². The van der Waals surface area contributed by atoms with Crippen molar-refractivity contribution in [2.45, 2.75) is 62.7 Å². The Hall–Kier alpha value is -1.01. The molecule has 5 atom stereocenters. The third-order valence-electron chi connectivity index (χ3n) is 4.85. The molecule has 0 aromatic carbocycles. The number of rotatable bonds is 4. The molecule has 27 heavy (non-hydrogen) atoms. The number of hydrogen-bond acceptors (Lipinski definition) is 9. The fourth-order valence-electron chi connectivity index (χ4n) is 3.51. The van der Waals surface area contributed by atoms with E-state index in [4.69, 9.17) is 40.2 Å². The van der Waals surface area contributed by atoms with E-state index in [9.17, 15) is 14.7 Å². The van der Waals surface area contributed by atoms with Crippen LogP contribution >= 0.6 is 11.8 Å². The standard InChI is InChI=1S/C16H24ClNO9/c1-9(19)18(17)13(20)26-11-7-24-16(8-25-14(2,3)27-16)15(21,12(11)22-4)5-10-6-23-10/h10-12,21H,5-8H2,1-4H3/t10-,11-,12-,15+,16+/m1/s1. The minimum absolute atomic E-state index is 0.0428. The molecule has 0 saturated carbocycles. The second-order valence-corrected chi connectivity index (χ2v) is 7.65. The third kappa shape index (κ3) is 3.80. The maximum Gasteiger partial charge on any atom is 0.432 e. The van der Waals surface area contributed by atoms with E-state index >= 15 is 0 Å². The van der Waals surface area contributed by atoms with Crippen molar-refractivity contribution < 1.29 is 43.1 Å². The van der Waals surface area contributed by atoms with Gasteiger partial charge in [-0.1, -0.05) is 0 Å². The van der Waals surface area contributed by atoms with Gasteiger partial charge in [0.2, 0.25) is 11.7 Å². The van der Waals surface area contributed by atoms with Gasteiger partial charge < -0.3 is 33.5 Å². The van der Waals surface area contributed by atoms with Gasteiger partial charge in [-0.15, -0.1) is 0 Å². The maximum atomic E-state index is 12.1. The molecule has 3 saturated heterocycles. The highest BCUT2D eigenvalue weighted by Crippen LogP contribution is 2.49. The largest absolute Gasteiger partial charge is 0.440 e. The molecular weight excluding hydrogens is 386 g/mol. The summed E-state index contributed by atoms with van der Waals surface area (Å²) in [6, 6.07) is 0. The highest BCUT2D eigenvalue weighted by molar-refractivity contribution is 6.28. The van der Waals surface area contributed by atoms with Crippen LogP contribution in [0.25, 0.3) is 0 Å². The van der Waals surface area contributed by atoms with Crippen molar-refractivity contribution in [2.24, 2.45) is 0 Å². The van der Waals surface area contributed by atoms with Gasteiger partial charge in [0.25, 0.3) is 0 Å². The Morgan fingerprint density at radius 3 is 2.44 bits per heavy atom. The van der Waals surface area contributed by atoms with E-state index in [0.717, 1.165) is 6.92 Å². The van der Waals surface area contributed by atoms with Gasteiger partial charge in [0.1, 0.15) is 12.7 Å². The lowest BCUT2D eigenvalue weighted by atomic mass is 9.78. The minimum atomic E-state index is -1.74. The Morgan fingerprint density at radius 1 is 1.30 bits per heavy atom. The predicted molar refractivity (Wildman–Crippen MR) is 88.5 cm³/mol. The lowest BCUT2D eigenvalue weighted by Gasteiger charge is -2.52. The zero-order valence-electron chi connectivity index (χ0n) is 15.6. The van der Waals surface area contributed by atoms with E-state index in [0.29, 0.717) is 11.0 Å². The van der Waals surface area contributed by atoms with Gasteiger partial charge in [-0.05, 0) is 13.8 Å². The van der Waals surface area contributed by atoms with E-state index in [2.05, 4.69) is 0 Å². The molecule has 0 unspecified atom stereocenters. The first kappa shape index (κ1) is 20.7. The van der Waals surface area contributed by atoms with Crippen LogP contribution in [0.4, 0.5) is 4.79 Å². The summed E-state index contributed by atoms with van der Waals surface area (Å²) in [4.78, 5) is 23.3. The lowest BCUT2D eigenvalue weighted by Crippen LogP contribution is -2.72. The summed E-state index contributed by atoms with van der Waals surface area (Å²) in [5.41, 5.74) is -1.74. The Kier molecular flexibility index (Phi) is 5.45. The molecule has 11 heteroatoms. The molecule has 3 aliphatic rings. The van der Waals surface area contributed by atoms with Crippen molar-refractivity contribution in [2.75, 3.05) is 26.9 Å². The van der Waals surface area contributed by atoms with Gasteiger partial charge in [-0.3, -0.25) is 4.79 Å². The van der Waals surface area contributed by atoms with E-state index in [-0.39, 0.29) is 25.7 Å². The molecule has 0 radical (unpaired) electrons. The third-order valence-corrected chi connectivity index (χ3v) is 5.23. The molecule has 0 bridgehead atoms. The summed E-state index contributed by atoms with van der Waals surface area (Å²) in [5.74, 6) is -3.21. The van der Waals surface area contributed by atoms with E-state index in [1.807, 2.05) is 0 Å². The second kappa shape index (κ2) is 7.11. The number of halogens is 1. The van der Waals surface area contributed by atoms with Crippen LogP contribution in [0, 0.1) is 0 Å². The van der Waals surface area contributed by atoms with E-state index in [1.165, 1.54) is 7.11 Å². The summed E-state index contributed by atoms with van der Waals surface area (Å²) < 4.78 is 33.7. The number of ether oxygens (including phenoxy) is 6. The number of epoxide rings is 1. The monoisotopic (exact) mass is 409 g/mol. The van der Waals surface area contributed by atoms with Crippen LogP contribution in [0.2, 0.25) is 0 Å². The van der Waals surface area contributed by atoms with E-state index < -0.39 is 41.4 Å². The van der Waals surface area contributed by atoms with Crippen molar-refractivity contribution in [3.63, 3.8) is 0 Å². The van der Waals surface area contributed by atoms with Crippen molar-refractivity contribution >= 4 is 23.8 Å². The van der Waals surface area contributed by atoms with Crippen LogP contribution in [-0.2, 0) is 33.2 Å². The predicted octanol–water partition coefficient (Wildman–Crippen LogP) is 0.538. The zero-order chi connectivity index (χ0) is 20.0. The van der Waals surface area contributed by atoms with Crippen LogP contribution in [-0.4, -0.2) is 83.9 Å². The maximum absolute atomic E-state index is 12.1. The number of aliphatic hydroxyl groups is 1. The molecule has 3 heterocycles. The molecule has 10 nitrogen and oxygen atoms in total. The van der Waals surface area contributed by atoms with Crippen LogP contribution in [0.3, 0.4) is 0 Å². The first-order chi connectivity index (χ1) is 12.5. The van der Waals surface area contributed by atoms with Gasteiger partial charge >= 0.3 is 6.09 Å². The topological polar surface area (TPSA) is 116 Å². The number of nitrogens with zero attached hydrogens (tertiary/aromatic N) is 1. The van der Waals surface area contributed by atoms with Crippen LogP contribution in [0.5, 0.6) is 0 Å². The van der Waals surface area contributed by atoms with Crippen LogP contribution < -0.4 is 0 Å². The van der Waals surface area contributed by atoms with Gasteiger partial charge in [0.05, 0.1) is 19.3 Å². The number of amides is 2. The molecular formula is C16H24ClNO9. The van der Waals surface area contributed by atoms with Gasteiger partial charge in [-0.2, -0.15) is 4.42 Å². The molecule has 3 fully saturated rings. The highest BCUT2D eigenvalue weighted by Gasteiger charge is 2.69. The van der Waals surface area contributed by atoms with Gasteiger partial charge in [0.15, 0.2) is 17.5 Å². The SMILES string of the molecule is CO[C@@H]1[C@H](OC(=O)N(Cl)C(C)=O)CO[C@]2(COC(C)(C)O2)[C@]1(O)C[C@@H]1CO1. The molecule has 0 aliphatic carbocycles. The molecule has 2 amide bonds. The van der Waals surface area contributed by atoms with Crippen LogP contribution in [0.15, 0.2) is 0 Å². The molecule has 0 aromatic rings. The van der Waals surface area contributed by atoms with Crippen molar-refractivity contribution in [1.82, 2.24) is 4.42 Å². The normalized spacial score (nSPS) is 40.0. The average Bonchev–Trinajstić information content (AvgIpc) is 3.33. The number of hydrogen-bond donors (Lipinski definition) is 1. The molecule has 3 aliphatic heterocycles. The smallest absolute Gasteiger partial charge is 0.432 e. The average molecular weight is 410 g/mol. The number of methoxy groups -OCH3 is 1. The summed E-state index contributed by atoms with van der Waals surface area (Å²) in [7, 11) is 1.37. The van der Waals surface area contributed by atoms with Crippen molar-refractivity contribution in [3.05, 3.63) is 0 Å². The fourth-order valence-corrected chi connectivity index (χ4v) is 3.55. The number of imide groups is 1. The van der Waals surface area contributed by atoms with Crippen molar-refractivity contribution in [3.8, 4) is 0 Å². The van der Waals surface area contributed by atoms with Gasteiger partial charge in [-0.25, -0.2) is 4.79 Å². The summed E-state index contributed by atoms with van der Waals surface area (Å²) in [6.07, 6.45) is -3.25. The molecule has 1 N–H and O–H groups in total. The molecule has 3 rings (SSSR count). The number of carbonyl (C=O) groups excluding carboxylic acids is 2. The highest BCUT2D eigenvalue weighted by atomic mass is 35.5. The lowest BCUT2D eigenvalue weighted by molar-refractivity contribution is -0.381. The van der Waals surface area contributed by atoms with E-state index in [1.54, 1.807) is 13.8 Å². The minimum Gasteiger partial charge on any atom is -0.440 e. The summed E-state index contributed by atoms with van der Waals surface area (Å²) >= 11 is 5.60. The Morgan fingerprint density at radius 2 is 1.96 bits per heavy atom. The zero-order valence-corrected chi connectivity index (χ0v) is 16.4. The van der Waals surface area contributed by atoms with Crippen molar-refractivity contribution in [1.29, 1.82) is 0 Å². The van der Waals surface area contributed by atoms with Gasteiger partial charge in [0, 0.05) is 32.2 Å². The Labute approximate surface area is 161 Å². The first-order valence-corrected chi connectivity index (χ1v) is 8.89. The second-order valence-electron chi connectivity index (χ2n) is 7.32.